The van der Waals surface area contributed by atoms with Crippen LogP contribution in [-0.4, -0.2) is 68.8 Å². The zero-order valence-electron chi connectivity index (χ0n) is 24.4. The minimum absolute atomic E-state index is 0.00306. The van der Waals surface area contributed by atoms with Gasteiger partial charge in [0, 0.05) is 29.0 Å². The summed E-state index contributed by atoms with van der Waals surface area (Å²) in [4.78, 5) is 29.5. The highest BCUT2D eigenvalue weighted by Crippen LogP contribution is 2.42. The summed E-state index contributed by atoms with van der Waals surface area (Å²) in [7, 11) is 0. The van der Waals surface area contributed by atoms with E-state index in [0.717, 1.165) is 70.6 Å². The number of hydrogen-bond acceptors (Lipinski definition) is 9. The van der Waals surface area contributed by atoms with Crippen molar-refractivity contribution in [1.82, 2.24) is 24.4 Å². The number of amides is 1. The number of likely N-dealkylation sites (tertiary alicyclic amines) is 1. The van der Waals surface area contributed by atoms with Gasteiger partial charge in [0.25, 0.3) is 5.91 Å². The van der Waals surface area contributed by atoms with Gasteiger partial charge in [-0.2, -0.15) is 0 Å². The van der Waals surface area contributed by atoms with Crippen molar-refractivity contribution < 1.29 is 19.0 Å². The van der Waals surface area contributed by atoms with E-state index >= 15 is 0 Å². The minimum Gasteiger partial charge on any atom is -0.486 e. The van der Waals surface area contributed by atoms with E-state index in [9.17, 15) is 4.79 Å². The number of benzene rings is 1. The molecule has 0 spiro atoms. The third-order valence-corrected chi connectivity index (χ3v) is 9.96. The van der Waals surface area contributed by atoms with E-state index in [4.69, 9.17) is 24.9 Å². The van der Waals surface area contributed by atoms with Crippen molar-refractivity contribution in [2.45, 2.75) is 82.7 Å². The third-order valence-electron chi connectivity index (χ3n) is 7.99. The number of rotatable bonds is 8. The molecule has 5 rings (SSSR count). The van der Waals surface area contributed by atoms with E-state index in [1.165, 1.54) is 18.1 Å². The summed E-state index contributed by atoms with van der Waals surface area (Å²) < 4.78 is 20.6. The van der Waals surface area contributed by atoms with E-state index in [1.54, 1.807) is 0 Å². The standard InChI is InChI=1S/C29H39BrN6O4S/c1-17(40-18(2)29(3,4)5)27(37)35-9-6-19(7-10-35)8-11-36-26-24(25(31)32-16-33-26)34-28(36)41-23-15-22-21(14-20(23)30)38-12-13-39-22/h14-19H,6-13H2,1-5H3,(H2,31,32,33)/t17-,18?/m1/s1. The monoisotopic (exact) mass is 646 g/mol. The lowest BCUT2D eigenvalue weighted by Gasteiger charge is -2.35. The van der Waals surface area contributed by atoms with Crippen LogP contribution in [0.2, 0.25) is 0 Å². The lowest BCUT2D eigenvalue weighted by atomic mass is 9.90. The first kappa shape index (κ1) is 29.9. The minimum atomic E-state index is -0.442. The van der Waals surface area contributed by atoms with Crippen LogP contribution in [-0.2, 0) is 16.1 Å². The first-order valence-corrected chi connectivity index (χ1v) is 15.8. The summed E-state index contributed by atoms with van der Waals surface area (Å²) in [6, 6.07) is 3.91. The molecule has 1 saturated heterocycles. The Labute approximate surface area is 253 Å². The van der Waals surface area contributed by atoms with Gasteiger partial charge >= 0.3 is 0 Å². The van der Waals surface area contributed by atoms with E-state index in [-0.39, 0.29) is 17.4 Å². The number of carbonyl (C=O) groups is 1. The van der Waals surface area contributed by atoms with Gasteiger partial charge < -0.3 is 29.4 Å². The van der Waals surface area contributed by atoms with Crippen LogP contribution in [0.5, 0.6) is 11.5 Å². The van der Waals surface area contributed by atoms with Crippen LogP contribution >= 0.6 is 27.7 Å². The molecule has 2 N–H and O–H groups in total. The van der Waals surface area contributed by atoms with E-state index < -0.39 is 6.10 Å². The number of aromatic nitrogens is 4. The summed E-state index contributed by atoms with van der Waals surface area (Å²) in [5.41, 5.74) is 7.50. The number of nitrogens with two attached hydrogens (primary N) is 1. The Morgan fingerprint density at radius 3 is 2.54 bits per heavy atom. The lowest BCUT2D eigenvalue weighted by molar-refractivity contribution is -0.151. The first-order chi connectivity index (χ1) is 19.5. The molecule has 2 aromatic heterocycles. The smallest absolute Gasteiger partial charge is 0.251 e. The van der Waals surface area contributed by atoms with Gasteiger partial charge in [0.2, 0.25) is 0 Å². The number of imidazole rings is 1. The Hall–Kier alpha value is -2.57. The number of nitrogen functional groups attached to an aromatic ring is 1. The van der Waals surface area contributed by atoms with Gasteiger partial charge in [-0.15, -0.1) is 0 Å². The van der Waals surface area contributed by atoms with Crippen molar-refractivity contribution in [2.75, 3.05) is 32.0 Å². The van der Waals surface area contributed by atoms with E-state index in [2.05, 4.69) is 51.2 Å². The van der Waals surface area contributed by atoms with Crippen LogP contribution in [0.15, 0.2) is 33.0 Å². The molecule has 3 aromatic rings. The number of carbonyl (C=O) groups excluding carboxylic acids is 1. The number of ether oxygens (including phenoxy) is 3. The Kier molecular flexibility index (Phi) is 9.01. The fraction of sp³-hybridized carbons (Fsp3) is 0.586. The molecule has 1 amide bonds. The highest BCUT2D eigenvalue weighted by atomic mass is 79.9. The maximum absolute atomic E-state index is 13.1. The Balaban J connectivity index is 1.25. The second kappa shape index (κ2) is 12.3. The van der Waals surface area contributed by atoms with Crippen LogP contribution in [0.1, 0.15) is 53.9 Å². The zero-order chi connectivity index (χ0) is 29.3. The van der Waals surface area contributed by atoms with Gasteiger partial charge in [0.15, 0.2) is 33.6 Å². The Morgan fingerprint density at radius 1 is 1.17 bits per heavy atom. The van der Waals surface area contributed by atoms with Crippen LogP contribution in [0.4, 0.5) is 5.82 Å². The number of anilines is 1. The number of fused-ring (bicyclic) bond motifs is 2. The summed E-state index contributed by atoms with van der Waals surface area (Å²) in [5.74, 6) is 2.37. The molecule has 1 aromatic carbocycles. The molecule has 41 heavy (non-hydrogen) atoms. The van der Waals surface area contributed by atoms with Crippen LogP contribution in [0.3, 0.4) is 0 Å². The van der Waals surface area contributed by atoms with Gasteiger partial charge in [-0.25, -0.2) is 15.0 Å². The van der Waals surface area contributed by atoms with Gasteiger partial charge in [0.05, 0.1) is 6.10 Å². The third kappa shape index (κ3) is 6.75. The predicted molar refractivity (Wildman–Crippen MR) is 162 cm³/mol. The molecule has 0 bridgehead atoms. The fourth-order valence-electron chi connectivity index (χ4n) is 5.01. The molecule has 1 unspecified atom stereocenters. The topological polar surface area (TPSA) is 118 Å². The van der Waals surface area contributed by atoms with Crippen molar-refractivity contribution in [1.29, 1.82) is 0 Å². The van der Waals surface area contributed by atoms with Crippen molar-refractivity contribution >= 4 is 50.6 Å². The number of nitrogens with zero attached hydrogens (tertiary/aromatic N) is 5. The van der Waals surface area contributed by atoms with Crippen LogP contribution < -0.4 is 15.2 Å². The molecular weight excluding hydrogens is 608 g/mol. The number of piperidine rings is 1. The molecule has 2 aliphatic rings. The largest absolute Gasteiger partial charge is 0.486 e. The summed E-state index contributed by atoms with van der Waals surface area (Å²) in [6.45, 7) is 13.6. The average Bonchev–Trinajstić information content (AvgIpc) is 3.29. The molecule has 222 valence electrons. The Morgan fingerprint density at radius 2 is 1.85 bits per heavy atom. The highest BCUT2D eigenvalue weighted by Gasteiger charge is 2.30. The van der Waals surface area contributed by atoms with Crippen molar-refractivity contribution in [2.24, 2.45) is 11.3 Å². The molecule has 0 radical (unpaired) electrons. The van der Waals surface area contributed by atoms with Gasteiger partial charge in [-0.05, 0) is 72.5 Å². The zero-order valence-corrected chi connectivity index (χ0v) is 26.8. The normalized spacial score (nSPS) is 17.6. The number of halogens is 1. The second-order valence-electron chi connectivity index (χ2n) is 11.8. The van der Waals surface area contributed by atoms with Crippen molar-refractivity contribution in [3.63, 3.8) is 0 Å². The molecular formula is C29H39BrN6O4S. The first-order valence-electron chi connectivity index (χ1n) is 14.2. The van der Waals surface area contributed by atoms with Crippen LogP contribution in [0.25, 0.3) is 11.2 Å². The molecule has 2 aliphatic heterocycles. The maximum atomic E-state index is 13.1. The predicted octanol–water partition coefficient (Wildman–Crippen LogP) is 5.56. The molecule has 0 aliphatic carbocycles. The quantitative estimate of drug-likeness (QED) is 0.335. The highest BCUT2D eigenvalue weighted by molar-refractivity contribution is 9.10. The Bertz CT molecular complexity index is 1400. The summed E-state index contributed by atoms with van der Waals surface area (Å²) >= 11 is 5.21. The average molecular weight is 648 g/mol. The SMILES string of the molecule is CC(O[C@H](C)C(=O)N1CCC(CCn2c(Sc3cc4c(cc3Br)OCCO4)nc3c(N)ncnc32)CC1)C(C)(C)C. The van der Waals surface area contributed by atoms with Gasteiger partial charge in [0.1, 0.15) is 25.6 Å². The van der Waals surface area contributed by atoms with Crippen molar-refractivity contribution in [3.05, 3.63) is 22.9 Å². The lowest BCUT2D eigenvalue weighted by Crippen LogP contribution is -2.45. The van der Waals surface area contributed by atoms with E-state index in [0.29, 0.717) is 30.5 Å². The second-order valence-corrected chi connectivity index (χ2v) is 13.7. The van der Waals surface area contributed by atoms with Crippen molar-refractivity contribution in [3.8, 4) is 11.5 Å². The molecule has 0 saturated carbocycles. The molecule has 2 atom stereocenters. The summed E-state index contributed by atoms with van der Waals surface area (Å²) in [5, 5.41) is 0.788. The fourth-order valence-corrected chi connectivity index (χ4v) is 6.52. The number of hydrogen-bond donors (Lipinski definition) is 1. The number of aryl methyl sites for hydroxylation is 1. The van der Waals surface area contributed by atoms with Gasteiger partial charge in [-0.1, -0.05) is 32.5 Å². The van der Waals surface area contributed by atoms with E-state index in [1.807, 2.05) is 30.9 Å². The van der Waals surface area contributed by atoms with Gasteiger partial charge in [-0.3, -0.25) is 4.79 Å². The molecule has 12 heteroatoms. The molecule has 4 heterocycles. The maximum Gasteiger partial charge on any atom is 0.251 e. The molecule has 1 fully saturated rings. The summed E-state index contributed by atoms with van der Waals surface area (Å²) in [6.07, 6.45) is 3.89. The molecule has 10 nitrogen and oxygen atoms in total. The van der Waals surface area contributed by atoms with Crippen LogP contribution in [0, 0.1) is 11.3 Å².